The summed E-state index contributed by atoms with van der Waals surface area (Å²) in [5.41, 5.74) is 0. The predicted molar refractivity (Wildman–Crippen MR) is 101 cm³/mol. The number of likely N-dealkylation sites (N-methyl/N-ethyl adjacent to an activating group) is 1. The van der Waals surface area contributed by atoms with Gasteiger partial charge >= 0.3 is 0 Å². The van der Waals surface area contributed by atoms with Crippen LogP contribution in [0, 0.1) is 11.8 Å². The molecule has 1 aliphatic heterocycles. The fourth-order valence-corrected chi connectivity index (χ4v) is 3.28. The molecule has 1 aliphatic rings. The van der Waals surface area contributed by atoms with Crippen LogP contribution in [0.15, 0.2) is 4.99 Å². The number of nitrogens with one attached hydrogen (secondary N) is 2. The zero-order valence-corrected chi connectivity index (χ0v) is 16.4. The molecule has 0 spiro atoms. The molecule has 0 aromatic heterocycles. The molecule has 0 aromatic carbocycles. The molecule has 2 N–H and O–H groups in total. The van der Waals surface area contributed by atoms with Crippen molar-refractivity contribution in [3.8, 4) is 0 Å². The van der Waals surface area contributed by atoms with E-state index in [4.69, 9.17) is 0 Å². The maximum atomic E-state index is 11.5. The Morgan fingerprint density at radius 2 is 1.92 bits per heavy atom. The minimum atomic E-state index is 0.151. The Hall–Kier alpha value is -1.30. The third-order valence-electron chi connectivity index (χ3n) is 4.85. The number of piperidine rings is 1. The van der Waals surface area contributed by atoms with Crippen molar-refractivity contribution in [1.82, 2.24) is 20.4 Å². The molecule has 6 heteroatoms. The Labute approximate surface area is 148 Å². The minimum absolute atomic E-state index is 0.151. The van der Waals surface area contributed by atoms with Gasteiger partial charge in [0.1, 0.15) is 0 Å². The summed E-state index contributed by atoms with van der Waals surface area (Å²) in [6.07, 6.45) is 3.92. The SMILES string of the molecule is CN=C(NCC(CC(C)C)N(C)C)N1CCC(CC(=O)NC)CC1. The van der Waals surface area contributed by atoms with Gasteiger partial charge in [-0.25, -0.2) is 0 Å². The molecule has 0 radical (unpaired) electrons. The van der Waals surface area contributed by atoms with Crippen LogP contribution in [-0.2, 0) is 4.79 Å². The van der Waals surface area contributed by atoms with E-state index in [2.05, 4.69) is 53.4 Å². The predicted octanol–water partition coefficient (Wildman–Crippen LogP) is 1.39. The van der Waals surface area contributed by atoms with E-state index in [1.165, 1.54) is 6.42 Å². The van der Waals surface area contributed by atoms with Gasteiger partial charge in [0.05, 0.1) is 0 Å². The number of hydrogen-bond acceptors (Lipinski definition) is 3. The summed E-state index contributed by atoms with van der Waals surface area (Å²) in [5, 5.41) is 6.27. The van der Waals surface area contributed by atoms with Gasteiger partial charge in [0.15, 0.2) is 5.96 Å². The van der Waals surface area contributed by atoms with Gasteiger partial charge in [-0.2, -0.15) is 0 Å². The molecule has 1 unspecified atom stereocenters. The summed E-state index contributed by atoms with van der Waals surface area (Å²) < 4.78 is 0. The molecule has 140 valence electrons. The summed E-state index contributed by atoms with van der Waals surface area (Å²) in [4.78, 5) is 20.6. The average Bonchev–Trinajstić information content (AvgIpc) is 2.55. The van der Waals surface area contributed by atoms with Gasteiger partial charge in [-0.1, -0.05) is 13.8 Å². The Morgan fingerprint density at radius 1 is 1.29 bits per heavy atom. The Balaban J connectivity index is 2.46. The molecule has 24 heavy (non-hydrogen) atoms. The van der Waals surface area contributed by atoms with Crippen LogP contribution >= 0.6 is 0 Å². The number of amides is 1. The van der Waals surface area contributed by atoms with E-state index in [0.717, 1.165) is 38.4 Å². The van der Waals surface area contributed by atoms with Gasteiger partial charge in [0, 0.05) is 46.2 Å². The van der Waals surface area contributed by atoms with Gasteiger partial charge < -0.3 is 20.4 Å². The van der Waals surface area contributed by atoms with E-state index in [9.17, 15) is 4.79 Å². The summed E-state index contributed by atoms with van der Waals surface area (Å²) in [5.74, 6) is 2.32. The van der Waals surface area contributed by atoms with Crippen molar-refractivity contribution >= 4 is 11.9 Å². The highest BCUT2D eigenvalue weighted by Gasteiger charge is 2.23. The standard InChI is InChI=1S/C18H37N5O/c1-14(2)11-16(22(5)6)13-21-18(20-4)23-9-7-15(8-10-23)12-17(24)19-3/h14-16H,7-13H2,1-6H3,(H,19,24)(H,20,21). The lowest BCUT2D eigenvalue weighted by Gasteiger charge is -2.35. The molecular formula is C18H37N5O. The van der Waals surface area contributed by atoms with E-state index >= 15 is 0 Å². The Bertz CT molecular complexity index is 400. The highest BCUT2D eigenvalue weighted by molar-refractivity contribution is 5.80. The molecular weight excluding hydrogens is 302 g/mol. The smallest absolute Gasteiger partial charge is 0.220 e. The van der Waals surface area contributed by atoms with Crippen LogP contribution in [0.2, 0.25) is 0 Å². The second-order valence-electron chi connectivity index (χ2n) is 7.48. The normalized spacial score (nSPS) is 18.2. The molecule has 0 bridgehead atoms. The molecule has 1 rings (SSSR count). The van der Waals surface area contributed by atoms with Crippen molar-refractivity contribution in [2.24, 2.45) is 16.8 Å². The van der Waals surface area contributed by atoms with Gasteiger partial charge in [-0.05, 0) is 45.2 Å². The first-order valence-electron chi connectivity index (χ1n) is 9.19. The zero-order chi connectivity index (χ0) is 18.1. The third kappa shape index (κ3) is 7.07. The van der Waals surface area contributed by atoms with Gasteiger partial charge in [-0.15, -0.1) is 0 Å². The van der Waals surface area contributed by atoms with Gasteiger partial charge in [0.2, 0.25) is 5.91 Å². The Kier molecular flexibility index (Phi) is 9.11. The van der Waals surface area contributed by atoms with Crippen LogP contribution < -0.4 is 10.6 Å². The van der Waals surface area contributed by atoms with Crippen LogP contribution in [0.3, 0.4) is 0 Å². The number of nitrogens with zero attached hydrogens (tertiary/aromatic N) is 3. The number of hydrogen-bond donors (Lipinski definition) is 2. The van der Waals surface area contributed by atoms with E-state index < -0.39 is 0 Å². The van der Waals surface area contributed by atoms with Crippen LogP contribution in [0.1, 0.15) is 39.5 Å². The highest BCUT2D eigenvalue weighted by atomic mass is 16.1. The monoisotopic (exact) mass is 339 g/mol. The van der Waals surface area contributed by atoms with Crippen LogP contribution in [-0.4, -0.2) is 75.5 Å². The molecule has 6 nitrogen and oxygen atoms in total. The van der Waals surface area contributed by atoms with Crippen molar-refractivity contribution in [3.63, 3.8) is 0 Å². The second-order valence-corrected chi connectivity index (χ2v) is 7.48. The summed E-state index contributed by atoms with van der Waals surface area (Å²) in [7, 11) is 7.84. The van der Waals surface area contributed by atoms with E-state index in [-0.39, 0.29) is 5.91 Å². The van der Waals surface area contributed by atoms with E-state index in [1.807, 2.05) is 7.05 Å². The van der Waals surface area contributed by atoms with Crippen molar-refractivity contribution in [2.45, 2.75) is 45.6 Å². The van der Waals surface area contributed by atoms with Crippen LogP contribution in [0.5, 0.6) is 0 Å². The maximum Gasteiger partial charge on any atom is 0.220 e. The molecule has 1 heterocycles. The number of carbonyl (C=O) groups is 1. The number of likely N-dealkylation sites (tertiary alicyclic amines) is 1. The minimum Gasteiger partial charge on any atom is -0.359 e. The number of aliphatic imine (C=N–C) groups is 1. The number of rotatable bonds is 7. The van der Waals surface area contributed by atoms with Crippen LogP contribution in [0.4, 0.5) is 0 Å². The molecule has 0 saturated carbocycles. The first-order valence-corrected chi connectivity index (χ1v) is 9.19. The lowest BCUT2D eigenvalue weighted by molar-refractivity contribution is -0.121. The zero-order valence-electron chi connectivity index (χ0n) is 16.4. The first-order chi connectivity index (χ1) is 11.4. The van der Waals surface area contributed by atoms with Crippen molar-refractivity contribution in [3.05, 3.63) is 0 Å². The second kappa shape index (κ2) is 10.5. The van der Waals surface area contributed by atoms with Crippen molar-refractivity contribution in [1.29, 1.82) is 0 Å². The lowest BCUT2D eigenvalue weighted by atomic mass is 9.93. The fraction of sp³-hybridized carbons (Fsp3) is 0.889. The molecule has 1 atom stereocenters. The van der Waals surface area contributed by atoms with Gasteiger partial charge in [0.25, 0.3) is 0 Å². The quantitative estimate of drug-likeness (QED) is 0.543. The summed E-state index contributed by atoms with van der Waals surface area (Å²) in [6, 6.07) is 0.507. The van der Waals surface area contributed by atoms with E-state index in [1.54, 1.807) is 7.05 Å². The van der Waals surface area contributed by atoms with Crippen molar-refractivity contribution < 1.29 is 4.79 Å². The summed E-state index contributed by atoms with van der Waals surface area (Å²) in [6.45, 7) is 7.39. The first kappa shape index (κ1) is 20.7. The number of guanidine groups is 1. The van der Waals surface area contributed by atoms with E-state index in [0.29, 0.717) is 24.3 Å². The number of carbonyl (C=O) groups excluding carboxylic acids is 1. The van der Waals surface area contributed by atoms with Gasteiger partial charge in [-0.3, -0.25) is 9.79 Å². The topological polar surface area (TPSA) is 60.0 Å². The Morgan fingerprint density at radius 3 is 2.38 bits per heavy atom. The molecule has 1 fully saturated rings. The lowest BCUT2D eigenvalue weighted by Crippen LogP contribution is -2.49. The fourth-order valence-electron chi connectivity index (χ4n) is 3.28. The molecule has 1 amide bonds. The van der Waals surface area contributed by atoms with Crippen molar-refractivity contribution in [2.75, 3.05) is 47.8 Å². The molecule has 0 aromatic rings. The molecule has 0 aliphatic carbocycles. The average molecular weight is 340 g/mol. The molecule has 1 saturated heterocycles. The van der Waals surface area contributed by atoms with Crippen LogP contribution in [0.25, 0.3) is 0 Å². The largest absolute Gasteiger partial charge is 0.359 e. The third-order valence-corrected chi connectivity index (χ3v) is 4.85. The summed E-state index contributed by atoms with van der Waals surface area (Å²) >= 11 is 0. The maximum absolute atomic E-state index is 11.5. The highest BCUT2D eigenvalue weighted by Crippen LogP contribution is 2.20.